The average molecular weight is 234 g/mol. The molecule has 0 aliphatic heterocycles. The third kappa shape index (κ3) is 2.85. The summed E-state index contributed by atoms with van der Waals surface area (Å²) in [6, 6.07) is 0.472. The van der Waals surface area contributed by atoms with Gasteiger partial charge >= 0.3 is 0 Å². The van der Waals surface area contributed by atoms with Crippen LogP contribution in [0.15, 0.2) is 6.07 Å². The lowest BCUT2D eigenvalue weighted by Crippen LogP contribution is -2.27. The van der Waals surface area contributed by atoms with Gasteiger partial charge in [0.1, 0.15) is 0 Å². The first-order valence-electron chi connectivity index (χ1n) is 4.97. The first-order chi connectivity index (χ1) is 7.60. The maximum absolute atomic E-state index is 13.3. The Morgan fingerprint density at radius 1 is 1.31 bits per heavy atom. The Labute approximate surface area is 91.5 Å². The highest BCUT2D eigenvalue weighted by Crippen LogP contribution is 2.18. The second-order valence-electron chi connectivity index (χ2n) is 3.22. The van der Waals surface area contributed by atoms with Gasteiger partial charge in [-0.3, -0.25) is 0 Å². The fraction of sp³-hybridized carbons (Fsp3) is 0.500. The third-order valence-corrected chi connectivity index (χ3v) is 2.14. The van der Waals surface area contributed by atoms with E-state index in [2.05, 4.69) is 4.98 Å². The number of nitrogens with zero attached hydrogens (tertiary/aromatic N) is 2. The van der Waals surface area contributed by atoms with Crippen molar-refractivity contribution in [3.63, 3.8) is 0 Å². The van der Waals surface area contributed by atoms with E-state index in [9.17, 15) is 13.2 Å². The predicted octanol–water partition coefficient (Wildman–Crippen LogP) is 1.71. The van der Waals surface area contributed by atoms with Crippen molar-refractivity contribution in [2.24, 2.45) is 0 Å². The summed E-state index contributed by atoms with van der Waals surface area (Å²) in [7, 11) is 0. The van der Waals surface area contributed by atoms with Crippen LogP contribution in [0, 0.1) is 17.6 Å². The number of aliphatic hydroxyl groups excluding tert-OH is 1. The normalized spacial score (nSPS) is 10.6. The molecular weight excluding hydrogens is 221 g/mol. The van der Waals surface area contributed by atoms with E-state index in [4.69, 9.17) is 5.11 Å². The first kappa shape index (κ1) is 12.8. The zero-order valence-corrected chi connectivity index (χ0v) is 8.88. The number of aliphatic hydroxyl groups is 1. The molecule has 0 atom stereocenters. The molecule has 6 heteroatoms. The highest BCUT2D eigenvalue weighted by atomic mass is 19.2. The number of anilines is 1. The van der Waals surface area contributed by atoms with E-state index >= 15 is 0 Å². The number of pyridine rings is 1. The maximum atomic E-state index is 13.3. The molecule has 1 heterocycles. The van der Waals surface area contributed by atoms with Crippen LogP contribution in [0.2, 0.25) is 0 Å². The standard InChI is InChI=1S/C10H13F3N2O/c1-2-15(4-3-5-16)10-8(12)6-7(11)9(13)14-10/h6,16H,2-5H2,1H3. The van der Waals surface area contributed by atoms with Gasteiger partial charge in [-0.25, -0.2) is 8.78 Å². The summed E-state index contributed by atoms with van der Waals surface area (Å²) in [4.78, 5) is 4.66. The van der Waals surface area contributed by atoms with E-state index < -0.39 is 17.6 Å². The SMILES string of the molecule is CCN(CCCO)c1nc(F)c(F)cc1F. The van der Waals surface area contributed by atoms with Crippen molar-refractivity contribution >= 4 is 5.82 Å². The number of aromatic nitrogens is 1. The minimum absolute atomic E-state index is 0.0538. The van der Waals surface area contributed by atoms with Crippen molar-refractivity contribution in [1.29, 1.82) is 0 Å². The van der Waals surface area contributed by atoms with Crippen LogP contribution in [0.1, 0.15) is 13.3 Å². The lowest BCUT2D eigenvalue weighted by atomic mass is 10.3. The van der Waals surface area contributed by atoms with Crippen molar-refractivity contribution in [2.75, 3.05) is 24.6 Å². The molecule has 0 aliphatic carbocycles. The summed E-state index contributed by atoms with van der Waals surface area (Å²) in [5.74, 6) is -3.76. The van der Waals surface area contributed by atoms with Crippen LogP contribution in [-0.2, 0) is 0 Å². The summed E-state index contributed by atoms with van der Waals surface area (Å²) < 4.78 is 38.8. The molecule has 0 radical (unpaired) electrons. The molecule has 1 N–H and O–H groups in total. The second kappa shape index (κ2) is 5.69. The molecule has 3 nitrogen and oxygen atoms in total. The molecule has 16 heavy (non-hydrogen) atoms. The molecular formula is C10H13F3N2O. The predicted molar refractivity (Wildman–Crippen MR) is 53.7 cm³/mol. The molecule has 0 spiro atoms. The van der Waals surface area contributed by atoms with Crippen molar-refractivity contribution in [2.45, 2.75) is 13.3 Å². The quantitative estimate of drug-likeness (QED) is 0.788. The van der Waals surface area contributed by atoms with E-state index in [1.807, 2.05) is 0 Å². The van der Waals surface area contributed by atoms with E-state index in [1.165, 1.54) is 4.90 Å². The van der Waals surface area contributed by atoms with Crippen LogP contribution < -0.4 is 4.90 Å². The van der Waals surface area contributed by atoms with Gasteiger partial charge in [-0.15, -0.1) is 0 Å². The molecule has 0 fully saturated rings. The molecule has 0 bridgehead atoms. The van der Waals surface area contributed by atoms with Gasteiger partial charge < -0.3 is 10.0 Å². The molecule has 0 amide bonds. The largest absolute Gasteiger partial charge is 0.396 e. The maximum Gasteiger partial charge on any atom is 0.251 e. The first-order valence-corrected chi connectivity index (χ1v) is 4.97. The Balaban J connectivity index is 2.95. The molecule has 0 aliphatic rings. The van der Waals surface area contributed by atoms with Gasteiger partial charge in [0.05, 0.1) is 0 Å². The molecule has 0 saturated carbocycles. The van der Waals surface area contributed by atoms with Gasteiger partial charge in [-0.05, 0) is 13.3 Å². The number of halogens is 3. The van der Waals surface area contributed by atoms with Gasteiger partial charge in [-0.2, -0.15) is 9.37 Å². The lowest BCUT2D eigenvalue weighted by molar-refractivity contribution is 0.289. The van der Waals surface area contributed by atoms with Crippen LogP contribution in [0.3, 0.4) is 0 Å². The summed E-state index contributed by atoms with van der Waals surface area (Å²) in [6.45, 7) is 2.42. The fourth-order valence-corrected chi connectivity index (χ4v) is 1.33. The second-order valence-corrected chi connectivity index (χ2v) is 3.22. The topological polar surface area (TPSA) is 36.4 Å². The number of hydrogen-bond acceptors (Lipinski definition) is 3. The summed E-state index contributed by atoms with van der Waals surface area (Å²) in [6.07, 6.45) is 0.411. The van der Waals surface area contributed by atoms with Crippen molar-refractivity contribution in [3.8, 4) is 0 Å². The third-order valence-electron chi connectivity index (χ3n) is 2.14. The molecule has 1 aromatic rings. The summed E-state index contributed by atoms with van der Waals surface area (Å²) in [5.41, 5.74) is 0. The van der Waals surface area contributed by atoms with E-state index in [0.717, 1.165) is 0 Å². The molecule has 1 rings (SSSR count). The molecule has 0 saturated heterocycles. The zero-order valence-electron chi connectivity index (χ0n) is 8.88. The summed E-state index contributed by atoms with van der Waals surface area (Å²) >= 11 is 0. The van der Waals surface area contributed by atoms with E-state index in [-0.39, 0.29) is 12.4 Å². The Kier molecular flexibility index (Phi) is 4.54. The monoisotopic (exact) mass is 234 g/mol. The highest BCUT2D eigenvalue weighted by molar-refractivity contribution is 5.39. The minimum atomic E-state index is -1.32. The van der Waals surface area contributed by atoms with E-state index in [1.54, 1.807) is 6.92 Å². The molecule has 0 unspecified atom stereocenters. The lowest BCUT2D eigenvalue weighted by Gasteiger charge is -2.21. The number of rotatable bonds is 5. The van der Waals surface area contributed by atoms with Crippen LogP contribution >= 0.6 is 0 Å². The number of hydrogen-bond donors (Lipinski definition) is 1. The van der Waals surface area contributed by atoms with Crippen LogP contribution in [0.25, 0.3) is 0 Å². The smallest absolute Gasteiger partial charge is 0.251 e. The van der Waals surface area contributed by atoms with Gasteiger partial charge in [0.2, 0.25) is 0 Å². The van der Waals surface area contributed by atoms with Crippen LogP contribution in [0.5, 0.6) is 0 Å². The van der Waals surface area contributed by atoms with Crippen molar-refractivity contribution in [3.05, 3.63) is 23.6 Å². The molecule has 1 aromatic heterocycles. The minimum Gasteiger partial charge on any atom is -0.396 e. The van der Waals surface area contributed by atoms with Gasteiger partial charge in [0, 0.05) is 25.8 Å². The van der Waals surface area contributed by atoms with Gasteiger partial charge in [0.15, 0.2) is 17.5 Å². The zero-order chi connectivity index (χ0) is 12.1. The van der Waals surface area contributed by atoms with Crippen LogP contribution in [0.4, 0.5) is 19.0 Å². The Hall–Kier alpha value is -1.30. The Morgan fingerprint density at radius 3 is 2.56 bits per heavy atom. The van der Waals surface area contributed by atoms with E-state index in [0.29, 0.717) is 25.6 Å². The molecule has 0 aromatic carbocycles. The Morgan fingerprint density at radius 2 is 2.00 bits per heavy atom. The van der Waals surface area contributed by atoms with Crippen molar-refractivity contribution in [1.82, 2.24) is 4.98 Å². The molecule has 90 valence electrons. The van der Waals surface area contributed by atoms with Gasteiger partial charge in [0.25, 0.3) is 5.95 Å². The van der Waals surface area contributed by atoms with Crippen LogP contribution in [-0.4, -0.2) is 29.8 Å². The average Bonchev–Trinajstić information content (AvgIpc) is 2.26. The fourth-order valence-electron chi connectivity index (χ4n) is 1.33. The van der Waals surface area contributed by atoms with Gasteiger partial charge in [-0.1, -0.05) is 0 Å². The van der Waals surface area contributed by atoms with Crippen molar-refractivity contribution < 1.29 is 18.3 Å². The highest BCUT2D eigenvalue weighted by Gasteiger charge is 2.16. The Bertz CT molecular complexity index is 360. The summed E-state index contributed by atoms with van der Waals surface area (Å²) in [5, 5.41) is 8.65.